The third-order valence-electron chi connectivity index (χ3n) is 2.03. The fourth-order valence-corrected chi connectivity index (χ4v) is 1.08. The van der Waals surface area contributed by atoms with Gasteiger partial charge in [0.25, 0.3) is 5.56 Å². The Labute approximate surface area is 91.7 Å². The van der Waals surface area contributed by atoms with E-state index in [1.807, 2.05) is 0 Å². The lowest BCUT2D eigenvalue weighted by Gasteiger charge is -2.11. The van der Waals surface area contributed by atoms with Gasteiger partial charge in [-0.2, -0.15) is 0 Å². The highest BCUT2D eigenvalue weighted by atomic mass is 16.5. The van der Waals surface area contributed by atoms with Crippen LogP contribution >= 0.6 is 0 Å². The van der Waals surface area contributed by atoms with E-state index in [1.54, 1.807) is 7.05 Å². The molecule has 7 nitrogen and oxygen atoms in total. The van der Waals surface area contributed by atoms with Gasteiger partial charge in [0.2, 0.25) is 0 Å². The van der Waals surface area contributed by atoms with Crippen LogP contribution in [0.3, 0.4) is 0 Å². The molecule has 0 amide bonds. The lowest BCUT2D eigenvalue weighted by atomic mass is 10.3. The predicted octanol–water partition coefficient (Wildman–Crippen LogP) is -0.708. The molecule has 1 aromatic heterocycles. The average molecular weight is 227 g/mol. The van der Waals surface area contributed by atoms with Crippen molar-refractivity contribution in [3.63, 3.8) is 0 Å². The fraction of sp³-hybridized carbons (Fsp3) is 0.444. The molecule has 1 rings (SSSR count). The molecule has 1 heterocycles. The largest absolute Gasteiger partial charge is 0.479 e. The van der Waals surface area contributed by atoms with Crippen molar-refractivity contribution in [3.8, 4) is 0 Å². The number of carboxylic acids is 1. The number of carboxylic acid groups (broad SMARTS) is 1. The lowest BCUT2D eigenvalue weighted by Crippen LogP contribution is -2.33. The predicted molar refractivity (Wildman–Crippen MR) is 56.4 cm³/mol. The van der Waals surface area contributed by atoms with Crippen LogP contribution in [0.1, 0.15) is 0 Å². The number of aliphatic carboxylic acids is 1. The number of ether oxygens (including phenoxy) is 1. The summed E-state index contributed by atoms with van der Waals surface area (Å²) in [7, 11) is 2.87. The highest BCUT2D eigenvalue weighted by Gasteiger charge is 2.16. The molecule has 0 spiro atoms. The monoisotopic (exact) mass is 227 g/mol. The molecule has 0 aromatic carbocycles. The summed E-state index contributed by atoms with van der Waals surface area (Å²) < 4.78 is 6.05. The molecule has 0 aliphatic carbocycles. The van der Waals surface area contributed by atoms with Gasteiger partial charge in [-0.15, -0.1) is 0 Å². The summed E-state index contributed by atoms with van der Waals surface area (Å²) in [5.74, 6) is -0.990. The van der Waals surface area contributed by atoms with Crippen LogP contribution in [0.5, 0.6) is 0 Å². The molecule has 16 heavy (non-hydrogen) atoms. The maximum absolute atomic E-state index is 11.5. The number of methoxy groups -OCH3 is 1. The van der Waals surface area contributed by atoms with E-state index < -0.39 is 12.1 Å². The molecular formula is C9H13N3O4. The van der Waals surface area contributed by atoms with E-state index in [1.165, 1.54) is 24.1 Å². The summed E-state index contributed by atoms with van der Waals surface area (Å²) in [4.78, 5) is 25.9. The highest BCUT2D eigenvalue weighted by Crippen LogP contribution is 1.95. The number of hydrogen-bond donors (Lipinski definition) is 2. The molecule has 0 aliphatic heterocycles. The van der Waals surface area contributed by atoms with Gasteiger partial charge in [-0.05, 0) is 0 Å². The Balaban J connectivity index is 2.71. The molecular weight excluding hydrogens is 214 g/mol. The first-order chi connectivity index (χ1) is 7.56. The topological polar surface area (TPSA) is 93.5 Å². The van der Waals surface area contributed by atoms with Gasteiger partial charge in [0.15, 0.2) is 11.9 Å². The normalized spacial score (nSPS) is 12.1. The number of nitrogens with one attached hydrogen (secondary N) is 1. The molecule has 2 N–H and O–H groups in total. The lowest BCUT2D eigenvalue weighted by molar-refractivity contribution is -0.147. The van der Waals surface area contributed by atoms with Crippen LogP contribution in [-0.2, 0) is 16.6 Å². The molecule has 7 heteroatoms. The number of aryl methyl sites for hydroxylation is 1. The van der Waals surface area contributed by atoms with Gasteiger partial charge in [0.05, 0.1) is 6.54 Å². The van der Waals surface area contributed by atoms with E-state index in [9.17, 15) is 9.59 Å². The molecule has 0 radical (unpaired) electrons. The maximum atomic E-state index is 11.5. The van der Waals surface area contributed by atoms with E-state index in [-0.39, 0.29) is 17.9 Å². The van der Waals surface area contributed by atoms with Crippen LogP contribution in [-0.4, -0.2) is 40.4 Å². The first-order valence-corrected chi connectivity index (χ1v) is 4.57. The summed E-state index contributed by atoms with van der Waals surface area (Å²) >= 11 is 0. The fourth-order valence-electron chi connectivity index (χ4n) is 1.08. The SMILES string of the molecule is COC(CNc1nccn(C)c1=O)C(=O)O. The van der Waals surface area contributed by atoms with Gasteiger partial charge in [-0.3, -0.25) is 4.79 Å². The molecule has 1 atom stereocenters. The smallest absolute Gasteiger partial charge is 0.334 e. The van der Waals surface area contributed by atoms with Crippen LogP contribution in [0, 0.1) is 0 Å². The van der Waals surface area contributed by atoms with Gasteiger partial charge in [-0.25, -0.2) is 9.78 Å². The number of anilines is 1. The van der Waals surface area contributed by atoms with Crippen LogP contribution in [0.15, 0.2) is 17.2 Å². The van der Waals surface area contributed by atoms with E-state index in [2.05, 4.69) is 10.3 Å². The Kier molecular flexibility index (Phi) is 4.01. The second-order valence-corrected chi connectivity index (χ2v) is 3.14. The summed E-state index contributed by atoms with van der Waals surface area (Å²) in [6, 6.07) is 0. The van der Waals surface area contributed by atoms with E-state index in [4.69, 9.17) is 9.84 Å². The second kappa shape index (κ2) is 5.26. The second-order valence-electron chi connectivity index (χ2n) is 3.14. The van der Waals surface area contributed by atoms with Gasteiger partial charge in [0, 0.05) is 26.6 Å². The standard InChI is InChI=1S/C9H13N3O4/c1-12-4-3-10-7(8(12)13)11-5-6(16-2)9(14)15/h3-4,6H,5H2,1-2H3,(H,10,11)(H,14,15). The first kappa shape index (κ1) is 12.2. The Morgan fingerprint density at radius 3 is 3.00 bits per heavy atom. The van der Waals surface area contributed by atoms with Crippen LogP contribution < -0.4 is 10.9 Å². The molecule has 88 valence electrons. The number of rotatable bonds is 5. The Hall–Kier alpha value is -1.89. The third-order valence-corrected chi connectivity index (χ3v) is 2.03. The minimum Gasteiger partial charge on any atom is -0.479 e. The molecule has 0 bridgehead atoms. The first-order valence-electron chi connectivity index (χ1n) is 4.57. The van der Waals surface area contributed by atoms with Crippen molar-refractivity contribution < 1.29 is 14.6 Å². The zero-order chi connectivity index (χ0) is 12.1. The number of nitrogens with zero attached hydrogens (tertiary/aromatic N) is 2. The quantitative estimate of drug-likeness (QED) is 0.690. The van der Waals surface area contributed by atoms with Crippen molar-refractivity contribution in [2.75, 3.05) is 19.0 Å². The molecule has 0 saturated heterocycles. The Bertz CT molecular complexity index is 429. The number of aromatic nitrogens is 2. The molecule has 0 saturated carbocycles. The van der Waals surface area contributed by atoms with Crippen molar-refractivity contribution in [3.05, 3.63) is 22.7 Å². The summed E-state index contributed by atoms with van der Waals surface area (Å²) in [6.45, 7) is -0.0158. The van der Waals surface area contributed by atoms with Crippen molar-refractivity contribution in [1.82, 2.24) is 9.55 Å². The van der Waals surface area contributed by atoms with Gasteiger partial charge in [0.1, 0.15) is 0 Å². The van der Waals surface area contributed by atoms with E-state index in [0.717, 1.165) is 0 Å². The van der Waals surface area contributed by atoms with Crippen molar-refractivity contribution in [2.45, 2.75) is 6.10 Å². The van der Waals surface area contributed by atoms with E-state index >= 15 is 0 Å². The minimum atomic E-state index is -1.09. The van der Waals surface area contributed by atoms with Crippen LogP contribution in [0.2, 0.25) is 0 Å². The molecule has 1 unspecified atom stereocenters. The summed E-state index contributed by atoms with van der Waals surface area (Å²) in [5.41, 5.74) is -0.317. The Morgan fingerprint density at radius 1 is 1.75 bits per heavy atom. The summed E-state index contributed by atoms with van der Waals surface area (Å²) in [5, 5.41) is 11.3. The summed E-state index contributed by atoms with van der Waals surface area (Å²) in [6.07, 6.45) is 1.96. The number of hydrogen-bond acceptors (Lipinski definition) is 5. The highest BCUT2D eigenvalue weighted by molar-refractivity contribution is 5.73. The van der Waals surface area contributed by atoms with Crippen molar-refractivity contribution in [2.24, 2.45) is 7.05 Å². The molecule has 1 aromatic rings. The van der Waals surface area contributed by atoms with Gasteiger partial charge >= 0.3 is 5.97 Å². The van der Waals surface area contributed by atoms with Gasteiger partial charge in [-0.1, -0.05) is 0 Å². The number of carbonyl (C=O) groups is 1. The van der Waals surface area contributed by atoms with Crippen molar-refractivity contribution >= 4 is 11.8 Å². The Morgan fingerprint density at radius 2 is 2.44 bits per heavy atom. The van der Waals surface area contributed by atoms with E-state index in [0.29, 0.717) is 0 Å². The van der Waals surface area contributed by atoms with Gasteiger partial charge < -0.3 is 19.7 Å². The van der Waals surface area contributed by atoms with Crippen LogP contribution in [0.4, 0.5) is 5.82 Å². The zero-order valence-electron chi connectivity index (χ0n) is 9.01. The third kappa shape index (κ3) is 2.80. The van der Waals surface area contributed by atoms with Crippen molar-refractivity contribution in [1.29, 1.82) is 0 Å². The van der Waals surface area contributed by atoms with Crippen LogP contribution in [0.25, 0.3) is 0 Å². The molecule has 0 aliphatic rings. The zero-order valence-corrected chi connectivity index (χ0v) is 9.01. The molecule has 0 fully saturated rings. The maximum Gasteiger partial charge on any atom is 0.334 e. The average Bonchev–Trinajstić information content (AvgIpc) is 2.24. The minimum absolute atomic E-state index is 0.0158.